The number of hydrogen-bond acceptors (Lipinski definition) is 2. The molecule has 12 heavy (non-hydrogen) atoms. The van der Waals surface area contributed by atoms with Crippen molar-refractivity contribution in [3.05, 3.63) is 0 Å². The SMILES string of the molecule is NS(=O)(=O)CCCC1CCCC1. The molecule has 1 aliphatic rings. The molecule has 1 rings (SSSR count). The van der Waals surface area contributed by atoms with Gasteiger partial charge in [0.2, 0.25) is 10.0 Å². The molecular weight excluding hydrogens is 174 g/mol. The van der Waals surface area contributed by atoms with E-state index in [-0.39, 0.29) is 5.75 Å². The zero-order valence-corrected chi connectivity index (χ0v) is 8.15. The smallest absolute Gasteiger partial charge is 0.209 e. The van der Waals surface area contributed by atoms with E-state index >= 15 is 0 Å². The molecule has 0 atom stereocenters. The van der Waals surface area contributed by atoms with Crippen molar-refractivity contribution in [2.24, 2.45) is 11.1 Å². The van der Waals surface area contributed by atoms with Crippen molar-refractivity contribution in [2.45, 2.75) is 38.5 Å². The zero-order valence-electron chi connectivity index (χ0n) is 7.33. The van der Waals surface area contributed by atoms with E-state index in [9.17, 15) is 8.42 Å². The second kappa shape index (κ2) is 4.23. The molecule has 0 aliphatic heterocycles. The summed E-state index contributed by atoms with van der Waals surface area (Å²) in [6.07, 6.45) is 6.98. The van der Waals surface area contributed by atoms with Crippen molar-refractivity contribution >= 4 is 10.0 Å². The van der Waals surface area contributed by atoms with E-state index in [1.807, 2.05) is 0 Å². The molecule has 1 fully saturated rings. The van der Waals surface area contributed by atoms with Crippen LogP contribution in [0.4, 0.5) is 0 Å². The summed E-state index contributed by atoms with van der Waals surface area (Å²) in [7, 11) is -3.22. The molecule has 0 saturated heterocycles. The molecule has 1 saturated carbocycles. The molecule has 1 aliphatic carbocycles. The first kappa shape index (κ1) is 9.99. The van der Waals surface area contributed by atoms with Gasteiger partial charge in [0.05, 0.1) is 5.75 Å². The molecule has 0 spiro atoms. The Morgan fingerprint density at radius 1 is 1.25 bits per heavy atom. The fourth-order valence-corrected chi connectivity index (χ4v) is 2.44. The molecule has 0 aromatic rings. The van der Waals surface area contributed by atoms with Crippen LogP contribution in [0.3, 0.4) is 0 Å². The van der Waals surface area contributed by atoms with Crippen LogP contribution in [-0.4, -0.2) is 14.2 Å². The summed E-state index contributed by atoms with van der Waals surface area (Å²) in [5.74, 6) is 0.926. The van der Waals surface area contributed by atoms with Crippen molar-refractivity contribution in [3.8, 4) is 0 Å². The minimum Gasteiger partial charge on any atom is -0.229 e. The van der Waals surface area contributed by atoms with Gasteiger partial charge in [0.1, 0.15) is 0 Å². The first-order valence-electron chi connectivity index (χ1n) is 4.58. The van der Waals surface area contributed by atoms with Gasteiger partial charge in [0.25, 0.3) is 0 Å². The van der Waals surface area contributed by atoms with Crippen molar-refractivity contribution in [1.82, 2.24) is 0 Å². The fraction of sp³-hybridized carbons (Fsp3) is 1.00. The first-order valence-corrected chi connectivity index (χ1v) is 6.30. The molecule has 3 nitrogen and oxygen atoms in total. The van der Waals surface area contributed by atoms with Gasteiger partial charge in [-0.25, -0.2) is 13.6 Å². The van der Waals surface area contributed by atoms with Crippen molar-refractivity contribution in [3.63, 3.8) is 0 Å². The monoisotopic (exact) mass is 191 g/mol. The predicted octanol–water partition coefficient (Wildman–Crippen LogP) is 1.25. The van der Waals surface area contributed by atoms with E-state index in [0.717, 1.165) is 18.8 Å². The van der Waals surface area contributed by atoms with E-state index in [2.05, 4.69) is 0 Å². The predicted molar refractivity (Wildman–Crippen MR) is 49.2 cm³/mol. The molecule has 0 bridgehead atoms. The lowest BCUT2D eigenvalue weighted by Gasteiger charge is -2.06. The lowest BCUT2D eigenvalue weighted by atomic mass is 10.0. The van der Waals surface area contributed by atoms with Gasteiger partial charge in [-0.2, -0.15) is 0 Å². The van der Waals surface area contributed by atoms with Crippen LogP contribution in [0.1, 0.15) is 38.5 Å². The van der Waals surface area contributed by atoms with Gasteiger partial charge in [-0.3, -0.25) is 0 Å². The van der Waals surface area contributed by atoms with E-state index in [1.165, 1.54) is 25.7 Å². The molecule has 0 aromatic heterocycles. The summed E-state index contributed by atoms with van der Waals surface area (Å²) in [6.45, 7) is 0. The summed E-state index contributed by atoms with van der Waals surface area (Å²) < 4.78 is 21.2. The summed E-state index contributed by atoms with van der Waals surface area (Å²) in [6, 6.07) is 0. The van der Waals surface area contributed by atoms with Crippen molar-refractivity contribution in [1.29, 1.82) is 0 Å². The second-order valence-electron chi connectivity index (χ2n) is 3.66. The first-order chi connectivity index (χ1) is 5.58. The third-order valence-corrected chi connectivity index (χ3v) is 3.37. The third-order valence-electron chi connectivity index (χ3n) is 2.52. The minimum absolute atomic E-state index is 0.156. The second-order valence-corrected chi connectivity index (χ2v) is 5.39. The summed E-state index contributed by atoms with van der Waals surface area (Å²) in [5.41, 5.74) is 0. The van der Waals surface area contributed by atoms with Crippen LogP contribution in [0.2, 0.25) is 0 Å². The Morgan fingerprint density at radius 2 is 1.83 bits per heavy atom. The summed E-state index contributed by atoms with van der Waals surface area (Å²) >= 11 is 0. The average Bonchev–Trinajstić information content (AvgIpc) is 2.36. The lowest BCUT2D eigenvalue weighted by molar-refractivity contribution is 0.494. The van der Waals surface area contributed by atoms with Crippen LogP contribution in [0.25, 0.3) is 0 Å². The average molecular weight is 191 g/mol. The maximum atomic E-state index is 10.6. The van der Waals surface area contributed by atoms with Gasteiger partial charge in [-0.05, 0) is 18.8 Å². The van der Waals surface area contributed by atoms with Gasteiger partial charge in [0.15, 0.2) is 0 Å². The number of primary sulfonamides is 1. The quantitative estimate of drug-likeness (QED) is 0.727. The van der Waals surface area contributed by atoms with E-state index in [0.29, 0.717) is 0 Å². The Labute approximate surface area is 74.4 Å². The molecule has 0 radical (unpaired) electrons. The molecule has 2 N–H and O–H groups in total. The number of rotatable bonds is 4. The largest absolute Gasteiger partial charge is 0.229 e. The molecule has 72 valence electrons. The van der Waals surface area contributed by atoms with Crippen LogP contribution < -0.4 is 5.14 Å². The summed E-state index contributed by atoms with van der Waals surface area (Å²) in [4.78, 5) is 0. The maximum absolute atomic E-state index is 10.6. The topological polar surface area (TPSA) is 60.2 Å². The fourth-order valence-electron chi connectivity index (χ4n) is 1.87. The van der Waals surface area contributed by atoms with Crippen LogP contribution in [-0.2, 0) is 10.0 Å². The molecule has 0 aromatic carbocycles. The van der Waals surface area contributed by atoms with Gasteiger partial charge in [-0.1, -0.05) is 25.7 Å². The van der Waals surface area contributed by atoms with Crippen molar-refractivity contribution in [2.75, 3.05) is 5.75 Å². The molecule has 0 amide bonds. The molecule has 0 unspecified atom stereocenters. The van der Waals surface area contributed by atoms with Crippen LogP contribution in [0.15, 0.2) is 0 Å². The number of hydrogen-bond donors (Lipinski definition) is 1. The van der Waals surface area contributed by atoms with Gasteiger partial charge >= 0.3 is 0 Å². The molecule has 4 heteroatoms. The summed E-state index contributed by atoms with van der Waals surface area (Å²) in [5, 5.41) is 4.89. The minimum atomic E-state index is -3.22. The van der Waals surface area contributed by atoms with E-state index in [1.54, 1.807) is 0 Å². The van der Waals surface area contributed by atoms with Crippen LogP contribution in [0.5, 0.6) is 0 Å². The highest BCUT2D eigenvalue weighted by Crippen LogP contribution is 2.28. The number of nitrogens with two attached hydrogens (primary N) is 1. The Hall–Kier alpha value is -0.0900. The third kappa shape index (κ3) is 4.07. The van der Waals surface area contributed by atoms with Crippen LogP contribution >= 0.6 is 0 Å². The zero-order chi connectivity index (χ0) is 9.03. The standard InChI is InChI=1S/C8H17NO2S/c9-12(10,11)7-3-6-8-4-1-2-5-8/h8H,1-7H2,(H2,9,10,11). The molecular formula is C8H17NO2S. The Balaban J connectivity index is 2.09. The highest BCUT2D eigenvalue weighted by Gasteiger charge is 2.15. The van der Waals surface area contributed by atoms with Gasteiger partial charge < -0.3 is 0 Å². The molecule has 0 heterocycles. The normalized spacial score (nSPS) is 20.1. The van der Waals surface area contributed by atoms with Crippen LogP contribution in [0, 0.1) is 5.92 Å². The van der Waals surface area contributed by atoms with Gasteiger partial charge in [-0.15, -0.1) is 0 Å². The maximum Gasteiger partial charge on any atom is 0.209 e. The Morgan fingerprint density at radius 3 is 2.33 bits per heavy atom. The van der Waals surface area contributed by atoms with Gasteiger partial charge in [0, 0.05) is 0 Å². The van der Waals surface area contributed by atoms with Crippen molar-refractivity contribution < 1.29 is 8.42 Å². The highest BCUT2D eigenvalue weighted by molar-refractivity contribution is 7.89. The lowest BCUT2D eigenvalue weighted by Crippen LogP contribution is -2.16. The Kier molecular flexibility index (Phi) is 3.53. The Bertz CT molecular complexity index is 217. The highest BCUT2D eigenvalue weighted by atomic mass is 32.2. The van der Waals surface area contributed by atoms with E-state index in [4.69, 9.17) is 5.14 Å². The number of sulfonamides is 1. The van der Waals surface area contributed by atoms with E-state index < -0.39 is 10.0 Å².